The van der Waals surface area contributed by atoms with Crippen molar-refractivity contribution >= 4 is 11.2 Å². The fourth-order valence-corrected chi connectivity index (χ4v) is 3.87. The minimum absolute atomic E-state index is 0.264. The highest BCUT2D eigenvalue weighted by Gasteiger charge is 2.24. The van der Waals surface area contributed by atoms with Crippen LogP contribution in [-0.4, -0.2) is 36.2 Å². The standard InChI is InChI=1S/C17H27N5O2/c1-5-12-9-7-8-10-21(12)11-13-18-15-14(22(13)6-2)16(23)20(4)17(24)19(15)3/h12H,5-11H2,1-4H3/t12-/m0/s1. The highest BCUT2D eigenvalue weighted by molar-refractivity contribution is 5.71. The number of likely N-dealkylation sites (tertiary alicyclic amines) is 1. The van der Waals surface area contributed by atoms with Gasteiger partial charge < -0.3 is 4.57 Å². The van der Waals surface area contributed by atoms with Gasteiger partial charge in [0, 0.05) is 26.7 Å². The van der Waals surface area contributed by atoms with Crippen molar-refractivity contribution in [3.8, 4) is 0 Å². The summed E-state index contributed by atoms with van der Waals surface area (Å²) in [5, 5.41) is 0. The fourth-order valence-electron chi connectivity index (χ4n) is 3.87. The van der Waals surface area contributed by atoms with Crippen molar-refractivity contribution in [3.05, 3.63) is 26.7 Å². The smallest absolute Gasteiger partial charge is 0.321 e. The fraction of sp³-hybridized carbons (Fsp3) is 0.706. The molecule has 0 aliphatic carbocycles. The first-order chi connectivity index (χ1) is 11.5. The predicted molar refractivity (Wildman–Crippen MR) is 94.2 cm³/mol. The van der Waals surface area contributed by atoms with E-state index < -0.39 is 0 Å². The third-order valence-corrected chi connectivity index (χ3v) is 5.31. The van der Waals surface area contributed by atoms with E-state index in [0.29, 0.717) is 23.8 Å². The minimum atomic E-state index is -0.329. The van der Waals surface area contributed by atoms with Gasteiger partial charge in [-0.1, -0.05) is 13.3 Å². The van der Waals surface area contributed by atoms with Crippen molar-refractivity contribution in [3.63, 3.8) is 0 Å². The largest absolute Gasteiger partial charge is 0.332 e. The lowest BCUT2D eigenvalue weighted by atomic mass is 10.0. The van der Waals surface area contributed by atoms with Crippen LogP contribution in [0.15, 0.2) is 9.59 Å². The van der Waals surface area contributed by atoms with E-state index >= 15 is 0 Å². The first-order valence-electron chi connectivity index (χ1n) is 8.88. The molecule has 24 heavy (non-hydrogen) atoms. The van der Waals surface area contributed by atoms with E-state index in [1.807, 2.05) is 11.5 Å². The summed E-state index contributed by atoms with van der Waals surface area (Å²) in [5.74, 6) is 0.881. The summed E-state index contributed by atoms with van der Waals surface area (Å²) in [6, 6.07) is 0.579. The number of rotatable bonds is 4. The molecule has 1 atom stereocenters. The molecule has 0 radical (unpaired) electrons. The van der Waals surface area contributed by atoms with E-state index in [2.05, 4.69) is 16.8 Å². The van der Waals surface area contributed by atoms with E-state index in [-0.39, 0.29) is 11.2 Å². The summed E-state index contributed by atoms with van der Waals surface area (Å²) in [6.07, 6.45) is 4.85. The number of nitrogens with zero attached hydrogens (tertiary/aromatic N) is 5. The molecular weight excluding hydrogens is 306 g/mol. The third-order valence-electron chi connectivity index (χ3n) is 5.31. The zero-order valence-corrected chi connectivity index (χ0v) is 15.1. The van der Waals surface area contributed by atoms with Gasteiger partial charge in [-0.3, -0.25) is 18.8 Å². The normalized spacial score (nSPS) is 19.2. The van der Waals surface area contributed by atoms with E-state index in [1.165, 1.54) is 30.9 Å². The van der Waals surface area contributed by atoms with Crippen LogP contribution < -0.4 is 11.2 Å². The van der Waals surface area contributed by atoms with Gasteiger partial charge in [-0.25, -0.2) is 9.78 Å². The second-order valence-electron chi connectivity index (χ2n) is 6.68. The number of aromatic nitrogens is 4. The highest BCUT2D eigenvalue weighted by Crippen LogP contribution is 2.22. The minimum Gasteiger partial charge on any atom is -0.321 e. The molecule has 7 nitrogen and oxygen atoms in total. The summed E-state index contributed by atoms with van der Waals surface area (Å²) in [7, 11) is 3.20. The molecule has 0 aromatic carbocycles. The molecule has 1 aliphatic heterocycles. The lowest BCUT2D eigenvalue weighted by Gasteiger charge is -2.34. The van der Waals surface area contributed by atoms with Crippen LogP contribution in [0.2, 0.25) is 0 Å². The maximum absolute atomic E-state index is 12.6. The van der Waals surface area contributed by atoms with Gasteiger partial charge in [-0.05, 0) is 32.7 Å². The molecular formula is C17H27N5O2. The second-order valence-corrected chi connectivity index (χ2v) is 6.68. The molecule has 0 bridgehead atoms. The molecule has 1 saturated heterocycles. The van der Waals surface area contributed by atoms with Crippen molar-refractivity contribution in [2.75, 3.05) is 6.54 Å². The third kappa shape index (κ3) is 2.60. The lowest BCUT2D eigenvalue weighted by Crippen LogP contribution is -2.39. The summed E-state index contributed by atoms with van der Waals surface area (Å²) in [6.45, 7) is 6.72. The molecule has 0 unspecified atom stereocenters. The molecule has 2 aromatic heterocycles. The van der Waals surface area contributed by atoms with Crippen molar-refractivity contribution in [2.45, 2.75) is 58.7 Å². The second kappa shape index (κ2) is 6.55. The first kappa shape index (κ1) is 17.0. The Morgan fingerprint density at radius 2 is 1.88 bits per heavy atom. The Balaban J connectivity index is 2.12. The number of imidazole rings is 1. The van der Waals surface area contributed by atoms with Crippen LogP contribution in [0.1, 0.15) is 45.4 Å². The molecule has 3 rings (SSSR count). The first-order valence-corrected chi connectivity index (χ1v) is 8.88. The molecule has 0 amide bonds. The molecule has 1 fully saturated rings. The summed E-state index contributed by atoms with van der Waals surface area (Å²) in [5.41, 5.74) is 0.427. The molecule has 0 saturated carbocycles. The number of hydrogen-bond acceptors (Lipinski definition) is 4. The van der Waals surface area contributed by atoms with Gasteiger partial charge in [-0.15, -0.1) is 0 Å². The van der Waals surface area contributed by atoms with Crippen LogP contribution in [0.3, 0.4) is 0 Å². The Hall–Kier alpha value is -1.89. The van der Waals surface area contributed by atoms with E-state index in [4.69, 9.17) is 0 Å². The Morgan fingerprint density at radius 1 is 1.12 bits per heavy atom. The SMILES string of the molecule is CC[C@H]1CCCCN1Cc1nc2c(c(=O)n(C)c(=O)n2C)n1CC. The quantitative estimate of drug-likeness (QED) is 0.844. The van der Waals surface area contributed by atoms with Crippen LogP contribution >= 0.6 is 0 Å². The van der Waals surface area contributed by atoms with Gasteiger partial charge in [0.05, 0.1) is 6.54 Å². The molecule has 3 heterocycles. The molecule has 2 aromatic rings. The van der Waals surface area contributed by atoms with Gasteiger partial charge in [0.2, 0.25) is 0 Å². The van der Waals surface area contributed by atoms with Crippen molar-refractivity contribution in [1.29, 1.82) is 0 Å². The average Bonchev–Trinajstić information content (AvgIpc) is 2.97. The van der Waals surface area contributed by atoms with Crippen molar-refractivity contribution in [1.82, 2.24) is 23.6 Å². The molecule has 0 spiro atoms. The Kier molecular flexibility index (Phi) is 4.62. The van der Waals surface area contributed by atoms with Crippen LogP contribution in [0.5, 0.6) is 0 Å². The number of fused-ring (bicyclic) bond motifs is 1. The molecule has 7 heteroatoms. The number of piperidine rings is 1. The lowest BCUT2D eigenvalue weighted by molar-refractivity contribution is 0.131. The molecule has 132 valence electrons. The number of hydrogen-bond donors (Lipinski definition) is 0. The van der Waals surface area contributed by atoms with Crippen molar-refractivity contribution < 1.29 is 0 Å². The number of aryl methyl sites for hydroxylation is 2. The van der Waals surface area contributed by atoms with Crippen molar-refractivity contribution in [2.24, 2.45) is 14.1 Å². The maximum Gasteiger partial charge on any atom is 0.332 e. The zero-order chi connectivity index (χ0) is 17.4. The highest BCUT2D eigenvalue weighted by atomic mass is 16.2. The van der Waals surface area contributed by atoms with Crippen LogP contribution in [0.4, 0.5) is 0 Å². The van der Waals surface area contributed by atoms with E-state index in [9.17, 15) is 9.59 Å². The van der Waals surface area contributed by atoms with Gasteiger partial charge >= 0.3 is 5.69 Å². The predicted octanol–water partition coefficient (Wildman–Crippen LogP) is 1.22. The Morgan fingerprint density at radius 3 is 2.54 bits per heavy atom. The maximum atomic E-state index is 12.6. The van der Waals surface area contributed by atoms with Gasteiger partial charge in [-0.2, -0.15) is 0 Å². The van der Waals surface area contributed by atoms with Crippen LogP contribution in [0, 0.1) is 0 Å². The zero-order valence-electron chi connectivity index (χ0n) is 15.1. The average molecular weight is 333 g/mol. The summed E-state index contributed by atoms with van der Waals surface area (Å²) in [4.78, 5) is 31.9. The topological polar surface area (TPSA) is 65.1 Å². The van der Waals surface area contributed by atoms with Gasteiger partial charge in [0.25, 0.3) is 5.56 Å². The van der Waals surface area contributed by atoms with Crippen LogP contribution in [-0.2, 0) is 27.2 Å². The molecule has 0 N–H and O–H groups in total. The van der Waals surface area contributed by atoms with E-state index in [0.717, 1.165) is 29.9 Å². The Bertz CT molecular complexity index is 860. The van der Waals surface area contributed by atoms with E-state index in [1.54, 1.807) is 7.05 Å². The van der Waals surface area contributed by atoms with Gasteiger partial charge in [0.1, 0.15) is 5.82 Å². The summed E-state index contributed by atoms with van der Waals surface area (Å²) >= 11 is 0. The monoisotopic (exact) mass is 333 g/mol. The molecule has 1 aliphatic rings. The summed E-state index contributed by atoms with van der Waals surface area (Å²) < 4.78 is 4.61. The van der Waals surface area contributed by atoms with Gasteiger partial charge in [0.15, 0.2) is 11.2 Å². The van der Waals surface area contributed by atoms with Crippen LogP contribution in [0.25, 0.3) is 11.2 Å². The Labute approximate surface area is 141 Å².